The molecule has 3 nitrogen and oxygen atoms in total. The first-order chi connectivity index (χ1) is 7.82. The molecule has 0 radical (unpaired) electrons. The third-order valence-corrected chi connectivity index (χ3v) is 3.12. The van der Waals surface area contributed by atoms with Gasteiger partial charge in [0, 0.05) is 12.6 Å². The van der Waals surface area contributed by atoms with Gasteiger partial charge in [0.2, 0.25) is 0 Å². The van der Waals surface area contributed by atoms with E-state index in [4.69, 9.17) is 18.0 Å². The van der Waals surface area contributed by atoms with Crippen molar-refractivity contribution in [3.05, 3.63) is 34.9 Å². The number of thiocarbonyl (C=S) groups is 1. The molecule has 0 fully saturated rings. The Hall–Kier alpha value is -1.42. The lowest BCUT2D eigenvalue weighted by atomic mass is 10.1. The zero-order chi connectivity index (χ0) is 13.2. The van der Waals surface area contributed by atoms with Crippen molar-refractivity contribution < 1.29 is 4.79 Å². The summed E-state index contributed by atoms with van der Waals surface area (Å²) in [5, 5.41) is 0. The number of aryl methyl sites for hydroxylation is 2. The summed E-state index contributed by atoms with van der Waals surface area (Å²) in [6, 6.07) is 5.54. The van der Waals surface area contributed by atoms with E-state index in [0.29, 0.717) is 10.6 Å². The summed E-state index contributed by atoms with van der Waals surface area (Å²) in [5.41, 5.74) is 8.37. The molecule has 0 spiro atoms. The summed E-state index contributed by atoms with van der Waals surface area (Å²) in [6.07, 6.45) is 0. The molecule has 0 aromatic heterocycles. The highest BCUT2D eigenvalue weighted by atomic mass is 32.1. The molecule has 0 aliphatic heterocycles. The molecular weight excluding hydrogens is 232 g/mol. The van der Waals surface area contributed by atoms with Crippen molar-refractivity contribution in [2.24, 2.45) is 5.73 Å². The van der Waals surface area contributed by atoms with E-state index in [-0.39, 0.29) is 11.9 Å². The number of carbonyl (C=O) groups is 1. The quantitative estimate of drug-likeness (QED) is 0.835. The molecule has 1 aromatic carbocycles. The maximum absolute atomic E-state index is 12.2. The van der Waals surface area contributed by atoms with Gasteiger partial charge in [0.1, 0.15) is 0 Å². The van der Waals surface area contributed by atoms with Gasteiger partial charge in [0.15, 0.2) is 0 Å². The van der Waals surface area contributed by atoms with Crippen LogP contribution in [0.1, 0.15) is 28.4 Å². The molecule has 1 amide bonds. The SMILES string of the molecule is Cc1cc(C)cc(C(=O)N(C)C(C)C(N)=S)c1. The van der Waals surface area contributed by atoms with E-state index in [2.05, 4.69) is 0 Å². The fourth-order valence-corrected chi connectivity index (χ4v) is 1.83. The second-order valence-electron chi connectivity index (χ2n) is 4.37. The van der Waals surface area contributed by atoms with Crippen molar-refractivity contribution in [3.63, 3.8) is 0 Å². The van der Waals surface area contributed by atoms with Crippen LogP contribution in [-0.2, 0) is 0 Å². The first kappa shape index (κ1) is 13.6. The molecule has 0 bridgehead atoms. The number of rotatable bonds is 3. The van der Waals surface area contributed by atoms with Crippen LogP contribution in [0.5, 0.6) is 0 Å². The highest BCUT2D eigenvalue weighted by Gasteiger charge is 2.19. The Morgan fingerprint density at radius 2 is 1.76 bits per heavy atom. The van der Waals surface area contributed by atoms with E-state index >= 15 is 0 Å². The van der Waals surface area contributed by atoms with Crippen LogP contribution in [0.3, 0.4) is 0 Å². The molecule has 4 heteroatoms. The zero-order valence-electron chi connectivity index (χ0n) is 10.7. The number of likely N-dealkylation sites (N-methyl/N-ethyl adjacent to an activating group) is 1. The van der Waals surface area contributed by atoms with Crippen LogP contribution >= 0.6 is 12.2 Å². The zero-order valence-corrected chi connectivity index (χ0v) is 11.5. The average Bonchev–Trinajstić information content (AvgIpc) is 2.24. The van der Waals surface area contributed by atoms with Gasteiger partial charge in [-0.15, -0.1) is 0 Å². The number of carbonyl (C=O) groups excluding carboxylic acids is 1. The number of hydrogen-bond acceptors (Lipinski definition) is 2. The van der Waals surface area contributed by atoms with Crippen molar-refractivity contribution in [1.82, 2.24) is 4.90 Å². The molecule has 2 N–H and O–H groups in total. The van der Waals surface area contributed by atoms with E-state index in [1.54, 1.807) is 11.9 Å². The molecule has 0 aliphatic rings. The monoisotopic (exact) mass is 250 g/mol. The molecule has 0 heterocycles. The first-order valence-corrected chi connectivity index (χ1v) is 5.88. The van der Waals surface area contributed by atoms with Crippen LogP contribution in [0.25, 0.3) is 0 Å². The summed E-state index contributed by atoms with van der Waals surface area (Å²) in [7, 11) is 1.71. The van der Waals surface area contributed by atoms with Gasteiger partial charge in [0.25, 0.3) is 5.91 Å². The summed E-state index contributed by atoms with van der Waals surface area (Å²) < 4.78 is 0. The summed E-state index contributed by atoms with van der Waals surface area (Å²) >= 11 is 4.90. The van der Waals surface area contributed by atoms with Crippen LogP contribution in [0, 0.1) is 13.8 Å². The number of hydrogen-bond donors (Lipinski definition) is 1. The van der Waals surface area contributed by atoms with Crippen molar-refractivity contribution in [2.45, 2.75) is 26.8 Å². The second kappa shape index (κ2) is 5.27. The van der Waals surface area contributed by atoms with Crippen LogP contribution < -0.4 is 5.73 Å². The van der Waals surface area contributed by atoms with Gasteiger partial charge in [-0.2, -0.15) is 0 Å². The number of nitrogens with zero attached hydrogens (tertiary/aromatic N) is 1. The molecule has 0 saturated carbocycles. The topological polar surface area (TPSA) is 46.3 Å². The van der Waals surface area contributed by atoms with E-state index in [1.807, 2.05) is 39.0 Å². The minimum atomic E-state index is -0.238. The Labute approximate surface area is 108 Å². The van der Waals surface area contributed by atoms with Gasteiger partial charge in [0.05, 0.1) is 11.0 Å². The average molecular weight is 250 g/mol. The Bertz CT molecular complexity index is 436. The predicted octanol–water partition coefficient (Wildman–Crippen LogP) is 2.05. The number of benzene rings is 1. The predicted molar refractivity (Wildman–Crippen MR) is 74.3 cm³/mol. The largest absolute Gasteiger partial charge is 0.392 e. The molecule has 1 aromatic rings. The summed E-state index contributed by atoms with van der Waals surface area (Å²) in [4.78, 5) is 14.1. The number of amides is 1. The van der Waals surface area contributed by atoms with Crippen molar-refractivity contribution in [2.75, 3.05) is 7.05 Å². The Kier molecular flexibility index (Phi) is 4.23. The standard InChI is InChI=1S/C13H18N2OS/c1-8-5-9(2)7-11(6-8)13(16)15(4)10(3)12(14)17/h5-7,10H,1-4H3,(H2,14,17). The lowest BCUT2D eigenvalue weighted by Crippen LogP contribution is -2.42. The van der Waals surface area contributed by atoms with Gasteiger partial charge in [-0.1, -0.05) is 29.4 Å². The lowest BCUT2D eigenvalue weighted by Gasteiger charge is -2.24. The lowest BCUT2D eigenvalue weighted by molar-refractivity contribution is 0.0779. The number of nitrogens with two attached hydrogens (primary N) is 1. The molecule has 0 saturated heterocycles. The normalized spacial score (nSPS) is 12.0. The van der Waals surface area contributed by atoms with E-state index < -0.39 is 0 Å². The Morgan fingerprint density at radius 1 is 1.29 bits per heavy atom. The minimum absolute atomic E-state index is 0.0582. The molecule has 1 unspecified atom stereocenters. The third kappa shape index (κ3) is 3.27. The van der Waals surface area contributed by atoms with Crippen molar-refractivity contribution in [3.8, 4) is 0 Å². The van der Waals surface area contributed by atoms with Gasteiger partial charge < -0.3 is 10.6 Å². The second-order valence-corrected chi connectivity index (χ2v) is 4.84. The van der Waals surface area contributed by atoms with E-state index in [9.17, 15) is 4.79 Å². The maximum Gasteiger partial charge on any atom is 0.254 e. The molecule has 1 rings (SSSR count). The fourth-order valence-electron chi connectivity index (χ4n) is 1.67. The molecular formula is C13H18N2OS. The highest BCUT2D eigenvalue weighted by molar-refractivity contribution is 7.80. The van der Waals surface area contributed by atoms with Gasteiger partial charge in [-0.25, -0.2) is 0 Å². The van der Waals surface area contributed by atoms with Crippen LogP contribution in [0.4, 0.5) is 0 Å². The Morgan fingerprint density at radius 3 is 2.18 bits per heavy atom. The van der Waals surface area contributed by atoms with Crippen LogP contribution in [0.15, 0.2) is 18.2 Å². The molecule has 92 valence electrons. The maximum atomic E-state index is 12.2. The van der Waals surface area contributed by atoms with Crippen LogP contribution in [-0.4, -0.2) is 28.9 Å². The van der Waals surface area contributed by atoms with Crippen LogP contribution in [0.2, 0.25) is 0 Å². The van der Waals surface area contributed by atoms with Gasteiger partial charge >= 0.3 is 0 Å². The smallest absolute Gasteiger partial charge is 0.254 e. The molecule has 0 aliphatic carbocycles. The first-order valence-electron chi connectivity index (χ1n) is 5.47. The fraction of sp³-hybridized carbons (Fsp3) is 0.385. The van der Waals surface area contributed by atoms with Gasteiger partial charge in [-0.05, 0) is 32.9 Å². The minimum Gasteiger partial charge on any atom is -0.392 e. The molecule has 17 heavy (non-hydrogen) atoms. The van der Waals surface area contributed by atoms with Crippen molar-refractivity contribution in [1.29, 1.82) is 0 Å². The van der Waals surface area contributed by atoms with Crippen molar-refractivity contribution >= 4 is 23.1 Å². The summed E-state index contributed by atoms with van der Waals surface area (Å²) in [6.45, 7) is 5.77. The van der Waals surface area contributed by atoms with Gasteiger partial charge in [-0.3, -0.25) is 4.79 Å². The Balaban J connectivity index is 3.00. The third-order valence-electron chi connectivity index (χ3n) is 2.78. The highest BCUT2D eigenvalue weighted by Crippen LogP contribution is 2.12. The molecule has 1 atom stereocenters. The summed E-state index contributed by atoms with van der Waals surface area (Å²) in [5.74, 6) is -0.0582. The van der Waals surface area contributed by atoms with E-state index in [0.717, 1.165) is 11.1 Å². The van der Waals surface area contributed by atoms with E-state index in [1.165, 1.54) is 0 Å².